The van der Waals surface area contributed by atoms with E-state index in [0.29, 0.717) is 5.39 Å². The van der Waals surface area contributed by atoms with E-state index in [1.165, 1.54) is 27.0 Å². The molecule has 0 aromatic heterocycles. The molecular weight excluding hydrogens is 502 g/mol. The summed E-state index contributed by atoms with van der Waals surface area (Å²) < 4.78 is 33.2. The minimum atomic E-state index is -1.40. The molecule has 0 spiro atoms. The van der Waals surface area contributed by atoms with Gasteiger partial charge in [0.25, 0.3) is 0 Å². The molecule has 2 aromatic rings. The highest BCUT2D eigenvalue weighted by Crippen LogP contribution is 2.35. The van der Waals surface area contributed by atoms with Crippen molar-refractivity contribution in [1.82, 2.24) is 5.32 Å². The van der Waals surface area contributed by atoms with Gasteiger partial charge in [0.05, 0.1) is 7.11 Å². The first-order chi connectivity index (χ1) is 18.0. The first kappa shape index (κ1) is 28.4. The molecule has 1 aliphatic rings. The summed E-state index contributed by atoms with van der Waals surface area (Å²) in [6.45, 7) is 4.30. The molecule has 12 heteroatoms. The fourth-order valence-electron chi connectivity index (χ4n) is 4.15. The van der Waals surface area contributed by atoms with Gasteiger partial charge >= 0.3 is 23.9 Å². The number of rotatable bonds is 8. The Labute approximate surface area is 218 Å². The third-order valence-electron chi connectivity index (χ3n) is 5.59. The van der Waals surface area contributed by atoms with Crippen molar-refractivity contribution in [3.05, 3.63) is 42.0 Å². The van der Waals surface area contributed by atoms with Crippen molar-refractivity contribution in [1.29, 1.82) is 0 Å². The van der Waals surface area contributed by atoms with E-state index >= 15 is 0 Å². The molecular formula is C26H29NO11. The number of methoxy groups -OCH3 is 1. The summed E-state index contributed by atoms with van der Waals surface area (Å²) >= 11 is 0. The molecule has 1 heterocycles. The van der Waals surface area contributed by atoms with Crippen LogP contribution in [0, 0.1) is 0 Å². The van der Waals surface area contributed by atoms with Gasteiger partial charge in [0.2, 0.25) is 12.2 Å². The van der Waals surface area contributed by atoms with Crippen LogP contribution in [0.4, 0.5) is 0 Å². The molecule has 0 radical (unpaired) electrons. The Bertz CT molecular complexity index is 1230. The van der Waals surface area contributed by atoms with Gasteiger partial charge in [-0.1, -0.05) is 30.3 Å². The van der Waals surface area contributed by atoms with E-state index in [0.717, 1.165) is 19.2 Å². The standard InChI is InChI=1S/C26H29NO11/c1-13(28)27-21-24(36-16(4)31)23(35-15(3)30)20(12-34-14(2)29)37-26(21)38-22-18-9-7-6-8-17(18)10-11-19(22)25(32)33-5/h6-11,20-21,23-24,26H,12H2,1-5H3,(H,27,28)/t20-,21-,23+,24-,26-/m0/s1. The van der Waals surface area contributed by atoms with E-state index in [2.05, 4.69) is 5.32 Å². The van der Waals surface area contributed by atoms with Gasteiger partial charge in [-0.25, -0.2) is 4.79 Å². The van der Waals surface area contributed by atoms with Crippen LogP contribution in [0.3, 0.4) is 0 Å². The van der Waals surface area contributed by atoms with E-state index in [1.807, 2.05) is 0 Å². The zero-order chi connectivity index (χ0) is 28.0. The number of hydrogen-bond donors (Lipinski definition) is 1. The summed E-state index contributed by atoms with van der Waals surface area (Å²) in [5.74, 6) is -3.25. The SMILES string of the molecule is COC(=O)c1ccc2ccccc2c1O[C@@H]1O[C@@H](COC(C)=O)[C@@H](OC(C)=O)[C@@H](OC(C)=O)[C@@H]1NC(C)=O. The van der Waals surface area contributed by atoms with Crippen molar-refractivity contribution in [2.75, 3.05) is 13.7 Å². The number of ether oxygens (including phenoxy) is 6. The van der Waals surface area contributed by atoms with Crippen molar-refractivity contribution < 1.29 is 52.4 Å². The van der Waals surface area contributed by atoms with Crippen LogP contribution in [-0.2, 0) is 42.9 Å². The Morgan fingerprint density at radius 1 is 0.868 bits per heavy atom. The molecule has 0 saturated carbocycles. The Morgan fingerprint density at radius 3 is 2.13 bits per heavy atom. The van der Waals surface area contributed by atoms with E-state index in [-0.39, 0.29) is 11.3 Å². The van der Waals surface area contributed by atoms with Gasteiger partial charge in [-0.05, 0) is 11.5 Å². The van der Waals surface area contributed by atoms with Crippen LogP contribution in [0.2, 0.25) is 0 Å². The second-order valence-corrected chi connectivity index (χ2v) is 8.49. The first-order valence-corrected chi connectivity index (χ1v) is 11.7. The molecule has 1 amide bonds. The highest BCUT2D eigenvalue weighted by atomic mass is 16.7. The van der Waals surface area contributed by atoms with Crippen molar-refractivity contribution in [2.45, 2.75) is 58.3 Å². The Morgan fingerprint density at radius 2 is 1.53 bits per heavy atom. The lowest BCUT2D eigenvalue weighted by Crippen LogP contribution is -2.67. The number of carbonyl (C=O) groups excluding carboxylic acids is 5. The van der Waals surface area contributed by atoms with Crippen LogP contribution in [0.15, 0.2) is 36.4 Å². The molecule has 1 N–H and O–H groups in total. The van der Waals surface area contributed by atoms with Crippen molar-refractivity contribution >= 4 is 40.6 Å². The number of nitrogens with one attached hydrogen (secondary N) is 1. The monoisotopic (exact) mass is 531 g/mol. The summed E-state index contributed by atoms with van der Waals surface area (Å²) in [6, 6.07) is 9.08. The highest BCUT2D eigenvalue weighted by Gasteiger charge is 2.52. The number of fused-ring (bicyclic) bond motifs is 1. The lowest BCUT2D eigenvalue weighted by molar-refractivity contribution is -0.257. The minimum Gasteiger partial charge on any atom is -0.465 e. The molecule has 2 aromatic carbocycles. The third-order valence-corrected chi connectivity index (χ3v) is 5.59. The van der Waals surface area contributed by atoms with Gasteiger partial charge in [-0.15, -0.1) is 0 Å². The van der Waals surface area contributed by atoms with Crippen LogP contribution >= 0.6 is 0 Å². The molecule has 38 heavy (non-hydrogen) atoms. The van der Waals surface area contributed by atoms with Gasteiger partial charge in [0, 0.05) is 33.1 Å². The predicted molar refractivity (Wildman–Crippen MR) is 130 cm³/mol. The Hall–Kier alpha value is -4.19. The molecule has 1 aliphatic heterocycles. The molecule has 204 valence electrons. The zero-order valence-electron chi connectivity index (χ0n) is 21.5. The lowest BCUT2D eigenvalue weighted by Gasteiger charge is -2.45. The number of amides is 1. The van der Waals surface area contributed by atoms with Gasteiger partial charge in [-0.3, -0.25) is 19.2 Å². The average Bonchev–Trinajstić information content (AvgIpc) is 2.85. The van der Waals surface area contributed by atoms with Crippen LogP contribution in [-0.4, -0.2) is 74.1 Å². The van der Waals surface area contributed by atoms with Gasteiger partial charge in [0.15, 0.2) is 12.2 Å². The van der Waals surface area contributed by atoms with E-state index in [1.54, 1.807) is 30.3 Å². The number of esters is 4. The van der Waals surface area contributed by atoms with Crippen LogP contribution in [0.25, 0.3) is 10.8 Å². The second kappa shape index (κ2) is 12.4. The van der Waals surface area contributed by atoms with Crippen LogP contribution in [0.1, 0.15) is 38.1 Å². The topological polar surface area (TPSA) is 153 Å². The van der Waals surface area contributed by atoms with E-state index in [9.17, 15) is 24.0 Å². The minimum absolute atomic E-state index is 0.0686. The van der Waals surface area contributed by atoms with Gasteiger partial charge in [-0.2, -0.15) is 0 Å². The van der Waals surface area contributed by atoms with Crippen LogP contribution < -0.4 is 10.1 Å². The van der Waals surface area contributed by atoms with E-state index in [4.69, 9.17) is 28.4 Å². The predicted octanol–water partition coefficient (Wildman–Crippen LogP) is 1.66. The quantitative estimate of drug-likeness (QED) is 0.391. The first-order valence-electron chi connectivity index (χ1n) is 11.7. The molecule has 5 atom stereocenters. The van der Waals surface area contributed by atoms with E-state index < -0.39 is 67.0 Å². The van der Waals surface area contributed by atoms with Crippen molar-refractivity contribution in [3.8, 4) is 5.75 Å². The number of carbonyl (C=O) groups is 5. The molecule has 0 unspecified atom stereocenters. The fourth-order valence-corrected chi connectivity index (χ4v) is 4.15. The van der Waals surface area contributed by atoms with Gasteiger partial charge in [0.1, 0.15) is 30.1 Å². The third kappa shape index (κ3) is 6.76. The molecule has 1 fully saturated rings. The largest absolute Gasteiger partial charge is 0.465 e. The van der Waals surface area contributed by atoms with Crippen molar-refractivity contribution in [3.63, 3.8) is 0 Å². The Kier molecular flexibility index (Phi) is 9.24. The smallest absolute Gasteiger partial charge is 0.341 e. The summed E-state index contributed by atoms with van der Waals surface area (Å²) in [5, 5.41) is 3.89. The molecule has 12 nitrogen and oxygen atoms in total. The van der Waals surface area contributed by atoms with Crippen molar-refractivity contribution in [2.24, 2.45) is 0 Å². The number of benzene rings is 2. The maximum absolute atomic E-state index is 12.6. The normalized spacial score (nSPS) is 22.6. The Balaban J connectivity index is 2.15. The molecule has 1 saturated heterocycles. The maximum Gasteiger partial charge on any atom is 0.341 e. The summed E-state index contributed by atoms with van der Waals surface area (Å²) in [7, 11) is 1.22. The molecule has 0 bridgehead atoms. The lowest BCUT2D eigenvalue weighted by atomic mass is 9.95. The zero-order valence-corrected chi connectivity index (χ0v) is 21.5. The average molecular weight is 532 g/mol. The fraction of sp³-hybridized carbons (Fsp3) is 0.423. The summed E-state index contributed by atoms with van der Waals surface area (Å²) in [6.07, 6.45) is -5.15. The second-order valence-electron chi connectivity index (χ2n) is 8.49. The molecule has 0 aliphatic carbocycles. The summed E-state index contributed by atoms with van der Waals surface area (Å²) in [4.78, 5) is 60.3. The summed E-state index contributed by atoms with van der Waals surface area (Å²) in [5.41, 5.74) is 0.0686. The highest BCUT2D eigenvalue weighted by molar-refractivity contribution is 6.01. The number of hydrogen-bond acceptors (Lipinski definition) is 11. The maximum atomic E-state index is 12.6. The van der Waals surface area contributed by atoms with Crippen LogP contribution in [0.5, 0.6) is 5.75 Å². The van der Waals surface area contributed by atoms with Gasteiger partial charge < -0.3 is 33.7 Å². The molecule has 3 rings (SSSR count).